The summed E-state index contributed by atoms with van der Waals surface area (Å²) < 4.78 is 35.5. The van der Waals surface area contributed by atoms with Gasteiger partial charge in [-0.25, -0.2) is 5.48 Å². The lowest BCUT2D eigenvalue weighted by Gasteiger charge is -2.08. The molecule has 0 bridgehead atoms. The number of alkyl halides is 3. The second-order valence-electron chi connectivity index (χ2n) is 3.70. The van der Waals surface area contributed by atoms with Gasteiger partial charge in [-0.3, -0.25) is 9.63 Å². The highest BCUT2D eigenvalue weighted by atomic mass is 32.2. The fraction of sp³-hybridized carbons (Fsp3) is 0.500. The second-order valence-corrected chi connectivity index (χ2v) is 5.94. The topological polar surface area (TPSA) is 38.3 Å². The van der Waals surface area contributed by atoms with Gasteiger partial charge in [-0.1, -0.05) is 0 Å². The lowest BCUT2D eigenvalue weighted by molar-refractivity contribution is -0.184. The van der Waals surface area contributed by atoms with E-state index in [0.29, 0.717) is 4.88 Å². The third-order valence-corrected chi connectivity index (χ3v) is 4.50. The highest BCUT2D eigenvalue weighted by Crippen LogP contribution is 2.31. The number of thioether (sulfide) groups is 1. The molecule has 18 heavy (non-hydrogen) atoms. The van der Waals surface area contributed by atoms with E-state index in [1.54, 1.807) is 17.8 Å². The fourth-order valence-electron chi connectivity index (χ4n) is 1.49. The van der Waals surface area contributed by atoms with Crippen molar-refractivity contribution in [2.45, 2.75) is 18.3 Å². The molecule has 0 aliphatic carbocycles. The molecule has 0 saturated heterocycles. The summed E-state index contributed by atoms with van der Waals surface area (Å²) in [5, 5.41) is 0. The van der Waals surface area contributed by atoms with Crippen molar-refractivity contribution in [1.29, 1.82) is 0 Å². The van der Waals surface area contributed by atoms with Gasteiger partial charge in [-0.2, -0.15) is 24.9 Å². The third-order valence-electron chi connectivity index (χ3n) is 2.25. The van der Waals surface area contributed by atoms with Crippen molar-refractivity contribution in [2.75, 3.05) is 12.4 Å². The van der Waals surface area contributed by atoms with E-state index in [1.807, 2.05) is 5.48 Å². The van der Waals surface area contributed by atoms with Crippen molar-refractivity contribution in [3.05, 3.63) is 21.4 Å². The first-order chi connectivity index (χ1) is 8.46. The maximum absolute atomic E-state index is 11.8. The Balaban J connectivity index is 1.91. The smallest absolute Gasteiger partial charge is 0.266 e. The number of halogens is 3. The van der Waals surface area contributed by atoms with Crippen LogP contribution in [0.5, 0.6) is 0 Å². The van der Waals surface area contributed by atoms with Gasteiger partial charge in [-0.05, 0) is 23.8 Å². The molecular formula is C10H10F3NO2S2. The van der Waals surface area contributed by atoms with Crippen LogP contribution in [0.15, 0.2) is 6.07 Å². The average Bonchev–Trinajstić information content (AvgIpc) is 2.70. The van der Waals surface area contributed by atoms with E-state index in [1.165, 1.54) is 11.3 Å². The highest BCUT2D eigenvalue weighted by molar-refractivity contribution is 7.98. The first-order valence-electron chi connectivity index (χ1n) is 5.14. The fourth-order valence-corrected chi connectivity index (χ4v) is 3.75. The number of nitrogens with one attached hydrogen (secondary N) is 1. The van der Waals surface area contributed by atoms with Crippen molar-refractivity contribution in [1.82, 2.24) is 5.48 Å². The number of hydroxylamine groups is 1. The maximum Gasteiger partial charge on any atom is 0.414 e. The zero-order valence-electron chi connectivity index (χ0n) is 9.17. The predicted molar refractivity (Wildman–Crippen MR) is 63.7 cm³/mol. The summed E-state index contributed by atoms with van der Waals surface area (Å²) in [5.41, 5.74) is 2.90. The number of hydrogen-bond acceptors (Lipinski definition) is 4. The number of fused-ring (bicyclic) bond motifs is 1. The second kappa shape index (κ2) is 5.50. The molecule has 0 aromatic carbocycles. The number of rotatable bonds is 3. The molecule has 0 atom stereocenters. The van der Waals surface area contributed by atoms with Crippen molar-refractivity contribution in [2.24, 2.45) is 0 Å². The predicted octanol–water partition coefficient (Wildman–Crippen LogP) is 2.76. The van der Waals surface area contributed by atoms with Crippen LogP contribution in [0.2, 0.25) is 0 Å². The summed E-state index contributed by atoms with van der Waals surface area (Å²) in [6, 6.07) is 1.72. The van der Waals surface area contributed by atoms with Gasteiger partial charge in [0.05, 0.1) is 4.88 Å². The van der Waals surface area contributed by atoms with Gasteiger partial charge in [0.25, 0.3) is 5.91 Å². The highest BCUT2D eigenvalue weighted by Gasteiger charge is 2.28. The molecule has 0 unspecified atom stereocenters. The van der Waals surface area contributed by atoms with Gasteiger partial charge in [0.15, 0.2) is 6.61 Å². The van der Waals surface area contributed by atoms with Gasteiger partial charge in [0.1, 0.15) is 0 Å². The van der Waals surface area contributed by atoms with Crippen LogP contribution in [0.25, 0.3) is 0 Å². The molecule has 0 fully saturated rings. The zero-order chi connectivity index (χ0) is 13.2. The Labute approximate surface area is 110 Å². The summed E-state index contributed by atoms with van der Waals surface area (Å²) in [7, 11) is 0. The largest absolute Gasteiger partial charge is 0.414 e. The molecule has 3 nitrogen and oxygen atoms in total. The van der Waals surface area contributed by atoms with Gasteiger partial charge >= 0.3 is 6.18 Å². The van der Waals surface area contributed by atoms with Crippen molar-refractivity contribution in [3.63, 3.8) is 0 Å². The van der Waals surface area contributed by atoms with Crippen LogP contribution >= 0.6 is 23.1 Å². The molecule has 100 valence electrons. The Hall–Kier alpha value is -0.730. The van der Waals surface area contributed by atoms with Gasteiger partial charge < -0.3 is 0 Å². The molecule has 2 rings (SSSR count). The first-order valence-corrected chi connectivity index (χ1v) is 7.11. The van der Waals surface area contributed by atoms with Crippen LogP contribution < -0.4 is 5.48 Å². The van der Waals surface area contributed by atoms with Crippen LogP contribution in [-0.4, -0.2) is 24.4 Å². The van der Waals surface area contributed by atoms with Crippen LogP contribution in [0.4, 0.5) is 13.2 Å². The number of amides is 1. The van der Waals surface area contributed by atoms with Crippen molar-refractivity contribution < 1.29 is 22.8 Å². The Morgan fingerprint density at radius 1 is 1.50 bits per heavy atom. The van der Waals surface area contributed by atoms with Gasteiger partial charge in [0.2, 0.25) is 0 Å². The van der Waals surface area contributed by atoms with Crippen LogP contribution in [0.3, 0.4) is 0 Å². The lowest BCUT2D eigenvalue weighted by Crippen LogP contribution is -2.29. The lowest BCUT2D eigenvalue weighted by atomic mass is 10.2. The molecule has 8 heteroatoms. The minimum Gasteiger partial charge on any atom is -0.266 e. The SMILES string of the molecule is O=C(NOCC(F)(F)F)c1cc2c(s1)CCSC2. The van der Waals surface area contributed by atoms with Crippen LogP contribution in [-0.2, 0) is 17.0 Å². The molecule has 1 aromatic rings. The standard InChI is InChI=1S/C10H10F3NO2S2/c11-10(12,13)5-16-14-9(15)8-3-6-4-17-2-1-7(6)18-8/h3H,1-2,4-5H2,(H,14,15). The summed E-state index contributed by atoms with van der Waals surface area (Å²) >= 11 is 3.09. The minimum absolute atomic E-state index is 0.393. The van der Waals surface area contributed by atoms with E-state index in [4.69, 9.17) is 0 Å². The Morgan fingerprint density at radius 3 is 2.94 bits per heavy atom. The first kappa shape index (κ1) is 13.7. The normalized spacial score (nSPS) is 15.3. The van der Waals surface area contributed by atoms with E-state index >= 15 is 0 Å². The summed E-state index contributed by atoms with van der Waals surface area (Å²) in [4.78, 5) is 17.2. The third kappa shape index (κ3) is 3.63. The van der Waals surface area contributed by atoms with E-state index in [0.717, 1.165) is 28.4 Å². The molecule has 1 N–H and O–H groups in total. The number of aryl methyl sites for hydroxylation is 1. The Kier molecular flexibility index (Phi) is 4.18. The molecule has 1 amide bonds. The molecule has 0 saturated carbocycles. The minimum atomic E-state index is -4.45. The Bertz CT molecular complexity index is 421. The van der Waals surface area contributed by atoms with Crippen molar-refractivity contribution in [3.8, 4) is 0 Å². The van der Waals surface area contributed by atoms with Gasteiger partial charge in [0, 0.05) is 10.6 Å². The molecule has 0 spiro atoms. The number of carbonyl (C=O) groups is 1. The van der Waals surface area contributed by atoms with Gasteiger partial charge in [-0.15, -0.1) is 11.3 Å². The zero-order valence-corrected chi connectivity index (χ0v) is 10.8. The summed E-state index contributed by atoms with van der Waals surface area (Å²) in [6.07, 6.45) is -3.54. The van der Waals surface area contributed by atoms with E-state index in [-0.39, 0.29) is 0 Å². The van der Waals surface area contributed by atoms with Crippen molar-refractivity contribution >= 4 is 29.0 Å². The molecular weight excluding hydrogens is 287 g/mol. The summed E-state index contributed by atoms with van der Waals surface area (Å²) in [6.45, 7) is -1.49. The molecule has 0 radical (unpaired) electrons. The molecule has 1 aliphatic rings. The molecule has 1 aliphatic heterocycles. The average molecular weight is 297 g/mol. The van der Waals surface area contributed by atoms with Crippen LogP contribution in [0.1, 0.15) is 20.1 Å². The van der Waals surface area contributed by atoms with Crippen LogP contribution in [0, 0.1) is 0 Å². The maximum atomic E-state index is 11.8. The molecule has 1 aromatic heterocycles. The molecule has 2 heterocycles. The number of carbonyl (C=O) groups excluding carboxylic acids is 1. The number of thiophene rings is 1. The quantitative estimate of drug-likeness (QED) is 0.872. The number of hydrogen-bond donors (Lipinski definition) is 1. The van der Waals surface area contributed by atoms with E-state index in [9.17, 15) is 18.0 Å². The van der Waals surface area contributed by atoms with E-state index in [2.05, 4.69) is 4.84 Å². The Morgan fingerprint density at radius 2 is 2.28 bits per heavy atom. The monoisotopic (exact) mass is 297 g/mol. The van der Waals surface area contributed by atoms with E-state index < -0.39 is 18.7 Å². The summed E-state index contributed by atoms with van der Waals surface area (Å²) in [5.74, 6) is 1.24.